The highest BCUT2D eigenvalue weighted by Crippen LogP contribution is 2.01. The zero-order valence-corrected chi connectivity index (χ0v) is 9.25. The first-order valence-electron chi connectivity index (χ1n) is 4.54. The second-order valence-corrected chi connectivity index (χ2v) is 5.07. The van der Waals surface area contributed by atoms with Gasteiger partial charge < -0.3 is 9.63 Å². The molecule has 15 heavy (non-hydrogen) atoms. The molecule has 0 spiro atoms. The Labute approximate surface area is 88.3 Å². The fourth-order valence-corrected chi connectivity index (χ4v) is 2.03. The summed E-state index contributed by atoms with van der Waals surface area (Å²) in [5, 5.41) is 12.1. The van der Waals surface area contributed by atoms with Crippen molar-refractivity contribution in [3.05, 3.63) is 17.5 Å². The number of sulfonamides is 1. The van der Waals surface area contributed by atoms with Crippen molar-refractivity contribution in [1.82, 2.24) is 9.88 Å². The number of aromatic nitrogens is 1. The average molecular weight is 234 g/mol. The van der Waals surface area contributed by atoms with E-state index in [9.17, 15) is 8.42 Å². The van der Waals surface area contributed by atoms with Crippen LogP contribution in [0.5, 0.6) is 0 Å². The predicted molar refractivity (Wildman–Crippen MR) is 53.6 cm³/mol. The van der Waals surface area contributed by atoms with Crippen LogP contribution in [-0.2, 0) is 16.6 Å². The molecule has 0 radical (unpaired) electrons. The Balaban J connectivity index is 2.42. The van der Waals surface area contributed by atoms with Gasteiger partial charge in [-0.25, -0.2) is 13.1 Å². The molecule has 0 atom stereocenters. The van der Waals surface area contributed by atoms with E-state index in [1.54, 1.807) is 13.0 Å². The third-order valence-electron chi connectivity index (χ3n) is 1.72. The SMILES string of the molecule is Cc1cc(CNS(=O)(=O)CCCO)no1. The van der Waals surface area contributed by atoms with Crippen LogP contribution >= 0.6 is 0 Å². The van der Waals surface area contributed by atoms with Crippen LogP contribution in [0.1, 0.15) is 17.9 Å². The maximum absolute atomic E-state index is 11.3. The Kier molecular flexibility index (Phi) is 4.25. The average Bonchev–Trinajstić information content (AvgIpc) is 2.59. The largest absolute Gasteiger partial charge is 0.396 e. The van der Waals surface area contributed by atoms with Gasteiger partial charge in [0, 0.05) is 12.7 Å². The quantitative estimate of drug-likeness (QED) is 0.710. The Morgan fingerprint density at radius 1 is 1.60 bits per heavy atom. The van der Waals surface area contributed by atoms with E-state index in [-0.39, 0.29) is 25.3 Å². The van der Waals surface area contributed by atoms with Gasteiger partial charge in [0.15, 0.2) is 0 Å². The molecular weight excluding hydrogens is 220 g/mol. The Hall–Kier alpha value is -0.920. The molecule has 0 saturated heterocycles. The van der Waals surface area contributed by atoms with Gasteiger partial charge in [-0.1, -0.05) is 5.16 Å². The lowest BCUT2D eigenvalue weighted by molar-refractivity contribution is 0.295. The van der Waals surface area contributed by atoms with Crippen LogP contribution in [0.3, 0.4) is 0 Å². The van der Waals surface area contributed by atoms with Gasteiger partial charge in [-0.15, -0.1) is 0 Å². The maximum atomic E-state index is 11.3. The topological polar surface area (TPSA) is 92.4 Å². The van der Waals surface area contributed by atoms with Crippen molar-refractivity contribution >= 4 is 10.0 Å². The molecule has 6 nitrogen and oxygen atoms in total. The van der Waals surface area contributed by atoms with Gasteiger partial charge in [-0.2, -0.15) is 0 Å². The smallest absolute Gasteiger partial charge is 0.212 e. The van der Waals surface area contributed by atoms with Crippen LogP contribution in [-0.4, -0.2) is 31.0 Å². The third-order valence-corrected chi connectivity index (χ3v) is 3.13. The Morgan fingerprint density at radius 3 is 2.87 bits per heavy atom. The second kappa shape index (κ2) is 5.24. The van der Waals surface area contributed by atoms with Crippen LogP contribution in [0.25, 0.3) is 0 Å². The minimum absolute atomic E-state index is 0.0830. The van der Waals surface area contributed by atoms with Crippen molar-refractivity contribution in [2.75, 3.05) is 12.4 Å². The first-order valence-corrected chi connectivity index (χ1v) is 6.19. The summed E-state index contributed by atoms with van der Waals surface area (Å²) < 4.78 is 29.7. The molecule has 0 fully saturated rings. The summed E-state index contributed by atoms with van der Waals surface area (Å²) in [6.45, 7) is 1.71. The molecule has 0 aliphatic carbocycles. The minimum atomic E-state index is -3.32. The monoisotopic (exact) mass is 234 g/mol. The second-order valence-electron chi connectivity index (χ2n) is 3.15. The molecule has 1 aromatic heterocycles. The lowest BCUT2D eigenvalue weighted by Gasteiger charge is -2.02. The lowest BCUT2D eigenvalue weighted by Crippen LogP contribution is -2.26. The number of aryl methyl sites for hydroxylation is 1. The van der Waals surface area contributed by atoms with Crippen molar-refractivity contribution in [2.45, 2.75) is 19.9 Å². The Bertz CT molecular complexity index is 399. The fourth-order valence-electron chi connectivity index (χ4n) is 1.01. The number of rotatable bonds is 6. The predicted octanol–water partition coefficient (Wildman–Crippen LogP) is -0.215. The fraction of sp³-hybridized carbons (Fsp3) is 0.625. The van der Waals surface area contributed by atoms with Crippen LogP contribution in [0, 0.1) is 6.92 Å². The van der Waals surface area contributed by atoms with Crippen LogP contribution in [0.2, 0.25) is 0 Å². The molecule has 0 unspecified atom stereocenters. The molecule has 7 heteroatoms. The highest BCUT2D eigenvalue weighted by molar-refractivity contribution is 7.89. The molecule has 1 rings (SSSR count). The van der Waals surface area contributed by atoms with E-state index in [0.29, 0.717) is 11.5 Å². The van der Waals surface area contributed by atoms with E-state index in [1.807, 2.05) is 0 Å². The molecule has 0 amide bonds. The highest BCUT2D eigenvalue weighted by atomic mass is 32.2. The molecule has 0 bridgehead atoms. The van der Waals surface area contributed by atoms with Crippen molar-refractivity contribution in [1.29, 1.82) is 0 Å². The first kappa shape index (κ1) is 12.2. The van der Waals surface area contributed by atoms with E-state index in [1.165, 1.54) is 0 Å². The van der Waals surface area contributed by atoms with Crippen LogP contribution in [0.4, 0.5) is 0 Å². The number of aliphatic hydroxyl groups is 1. The van der Waals surface area contributed by atoms with Crippen molar-refractivity contribution in [3.63, 3.8) is 0 Å². The molecule has 0 saturated carbocycles. The molecule has 0 aliphatic rings. The number of hydrogen-bond acceptors (Lipinski definition) is 5. The van der Waals surface area contributed by atoms with Gasteiger partial charge in [0.05, 0.1) is 18.0 Å². The van der Waals surface area contributed by atoms with Crippen molar-refractivity contribution < 1.29 is 18.0 Å². The molecule has 1 heterocycles. The summed E-state index contributed by atoms with van der Waals surface area (Å²) in [4.78, 5) is 0. The third kappa shape index (κ3) is 4.41. The van der Waals surface area contributed by atoms with Crippen molar-refractivity contribution in [2.24, 2.45) is 0 Å². The van der Waals surface area contributed by atoms with Gasteiger partial charge >= 0.3 is 0 Å². The summed E-state index contributed by atoms with van der Waals surface area (Å²) in [5.74, 6) is 0.555. The minimum Gasteiger partial charge on any atom is -0.396 e. The van der Waals surface area contributed by atoms with Gasteiger partial charge in [0.25, 0.3) is 0 Å². The van der Waals surface area contributed by atoms with Gasteiger partial charge in [0.1, 0.15) is 5.76 Å². The van der Waals surface area contributed by atoms with Crippen molar-refractivity contribution in [3.8, 4) is 0 Å². The zero-order valence-electron chi connectivity index (χ0n) is 8.43. The summed E-state index contributed by atoms with van der Waals surface area (Å²) in [7, 11) is -3.32. The van der Waals surface area contributed by atoms with Crippen LogP contribution in [0.15, 0.2) is 10.6 Å². The number of hydrogen-bond donors (Lipinski definition) is 2. The molecule has 86 valence electrons. The van der Waals surface area contributed by atoms with Crippen LogP contribution < -0.4 is 4.72 Å². The summed E-state index contributed by atoms with van der Waals surface area (Å²) in [5.41, 5.74) is 0.542. The molecular formula is C8H14N2O4S. The lowest BCUT2D eigenvalue weighted by atomic mass is 10.4. The first-order chi connectivity index (χ1) is 7.03. The number of nitrogens with zero attached hydrogens (tertiary/aromatic N) is 1. The normalized spacial score (nSPS) is 11.9. The van der Waals surface area contributed by atoms with Gasteiger partial charge in [-0.05, 0) is 13.3 Å². The Morgan fingerprint density at radius 2 is 2.33 bits per heavy atom. The van der Waals surface area contributed by atoms with E-state index in [0.717, 1.165) is 0 Å². The standard InChI is InChI=1S/C8H14N2O4S/c1-7-5-8(10-14-7)6-9-15(12,13)4-2-3-11/h5,9,11H,2-4,6H2,1H3. The number of aliphatic hydroxyl groups excluding tert-OH is 1. The summed E-state index contributed by atoms with van der Waals surface area (Å²) in [6, 6.07) is 1.66. The summed E-state index contributed by atoms with van der Waals surface area (Å²) in [6.07, 6.45) is 0.229. The van der Waals surface area contributed by atoms with E-state index >= 15 is 0 Å². The maximum Gasteiger partial charge on any atom is 0.212 e. The van der Waals surface area contributed by atoms with E-state index < -0.39 is 10.0 Å². The molecule has 1 aromatic rings. The molecule has 2 N–H and O–H groups in total. The van der Waals surface area contributed by atoms with E-state index in [4.69, 9.17) is 9.63 Å². The summed E-state index contributed by atoms with van der Waals surface area (Å²) >= 11 is 0. The molecule has 0 aliphatic heterocycles. The number of nitrogens with one attached hydrogen (secondary N) is 1. The van der Waals surface area contributed by atoms with E-state index in [2.05, 4.69) is 9.88 Å². The highest BCUT2D eigenvalue weighted by Gasteiger charge is 2.10. The van der Waals surface area contributed by atoms with Gasteiger partial charge in [0.2, 0.25) is 10.0 Å². The zero-order chi connectivity index (χ0) is 11.3. The van der Waals surface area contributed by atoms with Gasteiger partial charge in [-0.3, -0.25) is 0 Å². The molecule has 0 aromatic carbocycles.